The molecule has 20 heavy (non-hydrogen) atoms. The predicted molar refractivity (Wildman–Crippen MR) is 73.5 cm³/mol. The van der Waals surface area contributed by atoms with Crippen molar-refractivity contribution in [3.8, 4) is 5.75 Å². The topological polar surface area (TPSA) is 66.8 Å². The standard InChI is InChI=1S/C15H19NO4/c1-3-16-13(17)8-7-12(15(18)19)14(16)10-5-4-6-11(9-10)20-2/h4-6,9,12,14H,3,7-8H2,1-2H3,(H,18,19)/t12-,14+/m0/s1. The summed E-state index contributed by atoms with van der Waals surface area (Å²) in [6, 6.07) is 6.86. The Balaban J connectivity index is 2.43. The summed E-state index contributed by atoms with van der Waals surface area (Å²) in [6.45, 7) is 2.37. The molecule has 0 aromatic heterocycles. The molecule has 0 bridgehead atoms. The summed E-state index contributed by atoms with van der Waals surface area (Å²) in [5.41, 5.74) is 0.812. The van der Waals surface area contributed by atoms with E-state index in [0.717, 1.165) is 5.56 Å². The van der Waals surface area contributed by atoms with Crippen molar-refractivity contribution in [1.82, 2.24) is 4.90 Å². The molecule has 0 radical (unpaired) electrons. The number of carboxylic acids is 1. The van der Waals surface area contributed by atoms with E-state index >= 15 is 0 Å². The van der Waals surface area contributed by atoms with Crippen LogP contribution in [0.15, 0.2) is 24.3 Å². The van der Waals surface area contributed by atoms with E-state index in [0.29, 0.717) is 25.1 Å². The smallest absolute Gasteiger partial charge is 0.308 e. The third-order valence-corrected chi connectivity index (χ3v) is 3.80. The van der Waals surface area contributed by atoms with Crippen LogP contribution in [0.2, 0.25) is 0 Å². The fourth-order valence-corrected chi connectivity index (χ4v) is 2.82. The lowest BCUT2D eigenvalue weighted by Crippen LogP contribution is -2.45. The molecular weight excluding hydrogens is 258 g/mol. The third kappa shape index (κ3) is 2.61. The number of nitrogens with zero attached hydrogens (tertiary/aromatic N) is 1. The lowest BCUT2D eigenvalue weighted by atomic mass is 9.84. The Bertz CT molecular complexity index is 512. The Morgan fingerprint density at radius 2 is 2.25 bits per heavy atom. The second kappa shape index (κ2) is 5.94. The van der Waals surface area contributed by atoms with E-state index in [1.54, 1.807) is 18.1 Å². The van der Waals surface area contributed by atoms with Crippen molar-refractivity contribution in [2.45, 2.75) is 25.8 Å². The number of carbonyl (C=O) groups excluding carboxylic acids is 1. The number of aliphatic carboxylic acids is 1. The molecule has 1 fully saturated rings. The molecule has 5 heteroatoms. The van der Waals surface area contributed by atoms with E-state index in [9.17, 15) is 14.7 Å². The number of carboxylic acid groups (broad SMARTS) is 1. The summed E-state index contributed by atoms with van der Waals surface area (Å²) >= 11 is 0. The van der Waals surface area contributed by atoms with Crippen LogP contribution in [0.25, 0.3) is 0 Å². The maximum absolute atomic E-state index is 12.0. The highest BCUT2D eigenvalue weighted by atomic mass is 16.5. The van der Waals surface area contributed by atoms with Crippen molar-refractivity contribution < 1.29 is 19.4 Å². The first-order valence-electron chi connectivity index (χ1n) is 6.74. The summed E-state index contributed by atoms with van der Waals surface area (Å²) in [7, 11) is 1.57. The lowest BCUT2D eigenvalue weighted by Gasteiger charge is -2.39. The Hall–Kier alpha value is -2.04. The number of carbonyl (C=O) groups is 2. The van der Waals surface area contributed by atoms with Crippen molar-refractivity contribution in [2.24, 2.45) is 5.92 Å². The molecule has 1 saturated heterocycles. The van der Waals surface area contributed by atoms with Crippen molar-refractivity contribution >= 4 is 11.9 Å². The van der Waals surface area contributed by atoms with Crippen LogP contribution in [0, 0.1) is 5.92 Å². The van der Waals surface area contributed by atoms with Crippen LogP contribution < -0.4 is 4.74 Å². The van der Waals surface area contributed by atoms with Gasteiger partial charge in [0.1, 0.15) is 5.75 Å². The van der Waals surface area contributed by atoms with Crippen LogP contribution in [-0.4, -0.2) is 35.5 Å². The van der Waals surface area contributed by atoms with Gasteiger partial charge in [0.25, 0.3) is 0 Å². The van der Waals surface area contributed by atoms with Crippen LogP contribution >= 0.6 is 0 Å². The van der Waals surface area contributed by atoms with Gasteiger partial charge in [-0.1, -0.05) is 12.1 Å². The van der Waals surface area contributed by atoms with Crippen LogP contribution in [0.3, 0.4) is 0 Å². The minimum Gasteiger partial charge on any atom is -0.497 e. The van der Waals surface area contributed by atoms with Crippen LogP contribution in [-0.2, 0) is 9.59 Å². The van der Waals surface area contributed by atoms with Gasteiger partial charge in [0, 0.05) is 13.0 Å². The molecule has 2 atom stereocenters. The minimum atomic E-state index is -0.858. The number of hydrogen-bond donors (Lipinski definition) is 1. The minimum absolute atomic E-state index is 0.0119. The van der Waals surface area contributed by atoms with E-state index in [1.807, 2.05) is 25.1 Å². The molecule has 1 aromatic rings. The summed E-state index contributed by atoms with van der Waals surface area (Å²) in [6.07, 6.45) is 0.678. The summed E-state index contributed by atoms with van der Waals surface area (Å²) in [5.74, 6) is -0.748. The van der Waals surface area contributed by atoms with Gasteiger partial charge in [-0.3, -0.25) is 9.59 Å². The van der Waals surface area contributed by atoms with E-state index < -0.39 is 17.9 Å². The number of rotatable bonds is 4. The highest BCUT2D eigenvalue weighted by Crippen LogP contribution is 2.37. The summed E-state index contributed by atoms with van der Waals surface area (Å²) < 4.78 is 5.19. The normalized spacial score (nSPS) is 22.7. The van der Waals surface area contributed by atoms with Crippen LogP contribution in [0.4, 0.5) is 0 Å². The first kappa shape index (κ1) is 14.4. The van der Waals surface area contributed by atoms with Crippen molar-refractivity contribution in [3.63, 3.8) is 0 Å². The highest BCUT2D eigenvalue weighted by molar-refractivity contribution is 5.81. The molecule has 1 N–H and O–H groups in total. The van der Waals surface area contributed by atoms with Gasteiger partial charge < -0.3 is 14.7 Å². The van der Waals surface area contributed by atoms with Crippen LogP contribution in [0.5, 0.6) is 5.75 Å². The molecule has 108 valence electrons. The number of piperidine rings is 1. The first-order valence-corrected chi connectivity index (χ1v) is 6.74. The summed E-state index contributed by atoms with van der Waals surface area (Å²) in [5, 5.41) is 9.43. The van der Waals surface area contributed by atoms with Gasteiger partial charge in [0.15, 0.2) is 0 Å². The summed E-state index contributed by atoms with van der Waals surface area (Å²) in [4.78, 5) is 25.2. The number of likely N-dealkylation sites (tertiary alicyclic amines) is 1. The third-order valence-electron chi connectivity index (χ3n) is 3.80. The van der Waals surface area contributed by atoms with Gasteiger partial charge in [-0.25, -0.2) is 0 Å². The Morgan fingerprint density at radius 1 is 1.50 bits per heavy atom. The Morgan fingerprint density at radius 3 is 2.85 bits per heavy atom. The first-order chi connectivity index (χ1) is 9.58. The molecule has 0 spiro atoms. The maximum Gasteiger partial charge on any atom is 0.308 e. The molecule has 2 rings (SSSR count). The van der Waals surface area contributed by atoms with E-state index in [4.69, 9.17) is 4.74 Å². The molecular formula is C15H19NO4. The maximum atomic E-state index is 12.0. The molecule has 1 aliphatic heterocycles. The van der Waals surface area contributed by atoms with Gasteiger partial charge in [0.05, 0.1) is 19.1 Å². The molecule has 0 saturated carbocycles. The van der Waals surface area contributed by atoms with Gasteiger partial charge in [-0.2, -0.15) is 0 Å². The Labute approximate surface area is 118 Å². The van der Waals surface area contributed by atoms with E-state index in [2.05, 4.69) is 0 Å². The van der Waals surface area contributed by atoms with E-state index in [1.165, 1.54) is 0 Å². The number of ether oxygens (including phenoxy) is 1. The number of benzene rings is 1. The molecule has 0 unspecified atom stereocenters. The largest absolute Gasteiger partial charge is 0.497 e. The molecule has 1 aliphatic rings. The quantitative estimate of drug-likeness (QED) is 0.915. The zero-order valence-electron chi connectivity index (χ0n) is 11.7. The van der Waals surface area contributed by atoms with Crippen molar-refractivity contribution in [1.29, 1.82) is 0 Å². The average molecular weight is 277 g/mol. The average Bonchev–Trinajstić information content (AvgIpc) is 2.46. The number of methoxy groups -OCH3 is 1. The second-order valence-corrected chi connectivity index (χ2v) is 4.88. The zero-order chi connectivity index (χ0) is 14.7. The van der Waals surface area contributed by atoms with Gasteiger partial charge in [-0.05, 0) is 31.0 Å². The fourth-order valence-electron chi connectivity index (χ4n) is 2.82. The van der Waals surface area contributed by atoms with Gasteiger partial charge in [-0.15, -0.1) is 0 Å². The predicted octanol–water partition coefficient (Wildman–Crippen LogP) is 2.08. The molecule has 5 nitrogen and oxygen atoms in total. The molecule has 1 amide bonds. The van der Waals surface area contributed by atoms with Crippen molar-refractivity contribution in [3.05, 3.63) is 29.8 Å². The molecule has 0 aliphatic carbocycles. The fraction of sp³-hybridized carbons (Fsp3) is 0.467. The molecule has 1 aromatic carbocycles. The van der Waals surface area contributed by atoms with E-state index in [-0.39, 0.29) is 5.91 Å². The number of hydrogen-bond acceptors (Lipinski definition) is 3. The van der Waals surface area contributed by atoms with Crippen LogP contribution in [0.1, 0.15) is 31.4 Å². The second-order valence-electron chi connectivity index (χ2n) is 4.88. The highest BCUT2D eigenvalue weighted by Gasteiger charge is 2.40. The van der Waals surface area contributed by atoms with Crippen molar-refractivity contribution in [2.75, 3.05) is 13.7 Å². The van der Waals surface area contributed by atoms with Gasteiger partial charge >= 0.3 is 5.97 Å². The lowest BCUT2D eigenvalue weighted by molar-refractivity contribution is -0.151. The SMILES string of the molecule is CCN1C(=O)CC[C@H](C(=O)O)[C@H]1c1cccc(OC)c1. The number of amides is 1. The Kier molecular flexibility index (Phi) is 4.27. The molecule has 1 heterocycles. The zero-order valence-corrected chi connectivity index (χ0v) is 11.7. The monoisotopic (exact) mass is 277 g/mol. The van der Waals surface area contributed by atoms with Gasteiger partial charge in [0.2, 0.25) is 5.91 Å².